The first kappa shape index (κ1) is 14.5. The Bertz CT molecular complexity index is 352. The topological polar surface area (TPSA) is 21.3 Å². The van der Waals surface area contributed by atoms with Crippen LogP contribution < -0.4 is 5.32 Å². The maximum atomic E-state index is 5.80. The Hall–Kier alpha value is -0.860. The molecule has 2 nitrogen and oxygen atoms in total. The van der Waals surface area contributed by atoms with Crippen molar-refractivity contribution in [1.82, 2.24) is 5.32 Å². The van der Waals surface area contributed by atoms with Crippen molar-refractivity contribution in [2.24, 2.45) is 5.92 Å². The van der Waals surface area contributed by atoms with Gasteiger partial charge < -0.3 is 10.1 Å². The van der Waals surface area contributed by atoms with E-state index in [1.54, 1.807) is 0 Å². The quantitative estimate of drug-likeness (QED) is 0.788. The molecular formula is C17H27NO. The van der Waals surface area contributed by atoms with Gasteiger partial charge in [0.25, 0.3) is 0 Å². The predicted octanol–water partition coefficient (Wildman–Crippen LogP) is 3.72. The molecule has 19 heavy (non-hydrogen) atoms. The summed E-state index contributed by atoms with van der Waals surface area (Å²) in [7, 11) is 0. The number of benzene rings is 1. The molecule has 1 aliphatic heterocycles. The van der Waals surface area contributed by atoms with Gasteiger partial charge in [-0.15, -0.1) is 0 Å². The van der Waals surface area contributed by atoms with Crippen molar-refractivity contribution in [2.75, 3.05) is 19.7 Å². The highest BCUT2D eigenvalue weighted by molar-refractivity contribution is 5.24. The van der Waals surface area contributed by atoms with Gasteiger partial charge >= 0.3 is 0 Å². The highest BCUT2D eigenvalue weighted by Crippen LogP contribution is 2.16. The minimum Gasteiger partial charge on any atom is -0.377 e. The fourth-order valence-corrected chi connectivity index (χ4v) is 2.61. The highest BCUT2D eigenvalue weighted by Gasteiger charge is 2.12. The molecule has 2 heteroatoms. The Balaban J connectivity index is 1.64. The van der Waals surface area contributed by atoms with Crippen LogP contribution in [-0.2, 0) is 11.3 Å². The summed E-state index contributed by atoms with van der Waals surface area (Å²) in [5.41, 5.74) is 2.68. The molecule has 0 aromatic heterocycles. The first-order valence-corrected chi connectivity index (χ1v) is 7.63. The molecular weight excluding hydrogens is 234 g/mol. The van der Waals surface area contributed by atoms with Crippen molar-refractivity contribution in [3.05, 3.63) is 35.4 Å². The molecule has 1 N–H and O–H groups in total. The van der Waals surface area contributed by atoms with E-state index in [-0.39, 0.29) is 0 Å². The van der Waals surface area contributed by atoms with Gasteiger partial charge in [0.05, 0.1) is 6.61 Å². The van der Waals surface area contributed by atoms with Crippen molar-refractivity contribution in [2.45, 2.75) is 45.6 Å². The van der Waals surface area contributed by atoms with Gasteiger partial charge in [0.15, 0.2) is 0 Å². The third-order valence-electron chi connectivity index (χ3n) is 3.98. The van der Waals surface area contributed by atoms with Gasteiger partial charge in [0.2, 0.25) is 0 Å². The lowest BCUT2D eigenvalue weighted by Gasteiger charge is -2.22. The molecule has 0 aliphatic carbocycles. The third-order valence-corrected chi connectivity index (χ3v) is 3.98. The Morgan fingerprint density at radius 3 is 2.68 bits per heavy atom. The monoisotopic (exact) mass is 261 g/mol. The first-order valence-electron chi connectivity index (χ1n) is 7.63. The number of rotatable bonds is 6. The van der Waals surface area contributed by atoms with E-state index in [2.05, 4.69) is 43.4 Å². The predicted molar refractivity (Wildman–Crippen MR) is 80.4 cm³/mol. The number of piperidine rings is 1. The van der Waals surface area contributed by atoms with E-state index in [1.807, 2.05) is 0 Å². The largest absolute Gasteiger partial charge is 0.377 e. The SMILES string of the molecule is CC(C)c1ccc(COCC[C@H]2CCCNC2)cc1. The van der Waals surface area contributed by atoms with E-state index in [4.69, 9.17) is 4.74 Å². The van der Waals surface area contributed by atoms with Gasteiger partial charge in [-0.2, -0.15) is 0 Å². The van der Waals surface area contributed by atoms with Gasteiger partial charge in [-0.25, -0.2) is 0 Å². The molecule has 1 atom stereocenters. The maximum absolute atomic E-state index is 5.80. The van der Waals surface area contributed by atoms with Crippen molar-refractivity contribution in [3.8, 4) is 0 Å². The molecule has 106 valence electrons. The standard InChI is InChI=1S/C17H27NO/c1-14(2)17-7-5-16(6-8-17)13-19-11-9-15-4-3-10-18-12-15/h5-8,14-15,18H,3-4,9-13H2,1-2H3/t15-/m1/s1. The third kappa shape index (κ3) is 4.96. The van der Waals surface area contributed by atoms with Crippen LogP contribution in [0.1, 0.15) is 50.2 Å². The van der Waals surface area contributed by atoms with Crippen molar-refractivity contribution in [1.29, 1.82) is 0 Å². The van der Waals surface area contributed by atoms with Gasteiger partial charge in [-0.05, 0) is 55.3 Å². The first-order chi connectivity index (χ1) is 9.25. The van der Waals surface area contributed by atoms with Crippen LogP contribution in [0.3, 0.4) is 0 Å². The van der Waals surface area contributed by atoms with Crippen LogP contribution in [0.5, 0.6) is 0 Å². The fraction of sp³-hybridized carbons (Fsp3) is 0.647. The average molecular weight is 261 g/mol. The van der Waals surface area contributed by atoms with E-state index in [9.17, 15) is 0 Å². The second kappa shape index (κ2) is 7.66. The van der Waals surface area contributed by atoms with Crippen molar-refractivity contribution in [3.63, 3.8) is 0 Å². The fourth-order valence-electron chi connectivity index (χ4n) is 2.61. The Morgan fingerprint density at radius 2 is 2.05 bits per heavy atom. The van der Waals surface area contributed by atoms with E-state index in [0.717, 1.165) is 19.1 Å². The minimum absolute atomic E-state index is 0.605. The molecule has 2 rings (SSSR count). The van der Waals surface area contributed by atoms with Crippen LogP contribution in [0.15, 0.2) is 24.3 Å². The Morgan fingerprint density at radius 1 is 1.26 bits per heavy atom. The molecule has 1 saturated heterocycles. The zero-order valence-electron chi connectivity index (χ0n) is 12.3. The lowest BCUT2D eigenvalue weighted by molar-refractivity contribution is 0.103. The van der Waals surface area contributed by atoms with Crippen molar-refractivity contribution < 1.29 is 4.74 Å². The second-order valence-corrected chi connectivity index (χ2v) is 5.95. The summed E-state index contributed by atoms with van der Waals surface area (Å²) < 4.78 is 5.80. The molecule has 1 aromatic rings. The maximum Gasteiger partial charge on any atom is 0.0716 e. The van der Waals surface area contributed by atoms with Crippen molar-refractivity contribution >= 4 is 0 Å². The molecule has 1 fully saturated rings. The number of nitrogens with one attached hydrogen (secondary N) is 1. The molecule has 0 bridgehead atoms. The van der Waals surface area contributed by atoms with E-state index in [1.165, 1.54) is 43.5 Å². The molecule has 0 spiro atoms. The number of hydrogen-bond acceptors (Lipinski definition) is 2. The average Bonchev–Trinajstić information content (AvgIpc) is 2.45. The zero-order valence-corrected chi connectivity index (χ0v) is 12.3. The van der Waals surface area contributed by atoms with Gasteiger partial charge in [0, 0.05) is 6.61 Å². The molecule has 0 amide bonds. The summed E-state index contributed by atoms with van der Waals surface area (Å²) in [6.45, 7) is 8.45. The highest BCUT2D eigenvalue weighted by atomic mass is 16.5. The molecule has 0 unspecified atom stereocenters. The van der Waals surface area contributed by atoms with Gasteiger partial charge in [-0.3, -0.25) is 0 Å². The minimum atomic E-state index is 0.605. The van der Waals surface area contributed by atoms with E-state index >= 15 is 0 Å². The summed E-state index contributed by atoms with van der Waals surface area (Å²) in [6, 6.07) is 8.82. The Kier molecular flexibility index (Phi) is 5.87. The molecule has 0 radical (unpaired) electrons. The molecule has 1 heterocycles. The van der Waals surface area contributed by atoms with Gasteiger partial charge in [-0.1, -0.05) is 38.1 Å². The summed E-state index contributed by atoms with van der Waals surface area (Å²) in [6.07, 6.45) is 3.87. The lowest BCUT2D eigenvalue weighted by Crippen LogP contribution is -2.30. The van der Waals surface area contributed by atoms with Crippen LogP contribution in [0.4, 0.5) is 0 Å². The summed E-state index contributed by atoms with van der Waals surface area (Å²) in [4.78, 5) is 0. The number of ether oxygens (including phenoxy) is 1. The van der Waals surface area contributed by atoms with Crippen LogP contribution >= 0.6 is 0 Å². The second-order valence-electron chi connectivity index (χ2n) is 5.95. The molecule has 1 aromatic carbocycles. The van der Waals surface area contributed by atoms with E-state index in [0.29, 0.717) is 5.92 Å². The van der Waals surface area contributed by atoms with Crippen LogP contribution in [-0.4, -0.2) is 19.7 Å². The number of hydrogen-bond donors (Lipinski definition) is 1. The zero-order chi connectivity index (χ0) is 13.5. The summed E-state index contributed by atoms with van der Waals surface area (Å²) in [5, 5.41) is 3.45. The molecule has 1 aliphatic rings. The smallest absolute Gasteiger partial charge is 0.0716 e. The van der Waals surface area contributed by atoms with Crippen LogP contribution in [0, 0.1) is 5.92 Å². The van der Waals surface area contributed by atoms with Crippen LogP contribution in [0.25, 0.3) is 0 Å². The van der Waals surface area contributed by atoms with Gasteiger partial charge in [0.1, 0.15) is 0 Å². The normalized spacial score (nSPS) is 19.8. The summed E-state index contributed by atoms with van der Waals surface area (Å²) in [5.74, 6) is 1.42. The molecule has 0 saturated carbocycles. The van der Waals surface area contributed by atoms with Crippen LogP contribution in [0.2, 0.25) is 0 Å². The summed E-state index contributed by atoms with van der Waals surface area (Å²) >= 11 is 0. The Labute approximate surface area is 117 Å². The lowest BCUT2D eigenvalue weighted by atomic mass is 9.97. The van der Waals surface area contributed by atoms with E-state index < -0.39 is 0 Å².